The average Bonchev–Trinajstić information content (AvgIpc) is 2.94. The van der Waals surface area contributed by atoms with Crippen molar-refractivity contribution in [2.75, 3.05) is 36.5 Å². The first kappa shape index (κ1) is 17.1. The number of hydrogen-bond donors (Lipinski definition) is 0. The fourth-order valence-electron chi connectivity index (χ4n) is 3.27. The van der Waals surface area contributed by atoms with E-state index in [0.29, 0.717) is 23.9 Å². The number of hydrogen-bond acceptors (Lipinski definition) is 6. The molecule has 0 saturated carbocycles. The second-order valence-corrected chi connectivity index (χ2v) is 9.15. The molecule has 3 heterocycles. The van der Waals surface area contributed by atoms with Gasteiger partial charge in [0.2, 0.25) is 0 Å². The van der Waals surface area contributed by atoms with Gasteiger partial charge in [0, 0.05) is 26.2 Å². The number of amides is 1. The lowest BCUT2D eigenvalue weighted by Gasteiger charge is -2.30. The Kier molecular flexibility index (Phi) is 4.76. The van der Waals surface area contributed by atoms with E-state index in [1.165, 1.54) is 0 Å². The predicted octanol–water partition coefficient (Wildman–Crippen LogP) is 0.972. The van der Waals surface area contributed by atoms with E-state index in [1.807, 2.05) is 16.8 Å². The van der Waals surface area contributed by atoms with Gasteiger partial charge < -0.3 is 9.80 Å². The van der Waals surface area contributed by atoms with Crippen LogP contribution in [0.25, 0.3) is 0 Å². The molecule has 0 spiro atoms. The van der Waals surface area contributed by atoms with Crippen molar-refractivity contribution in [1.82, 2.24) is 15.1 Å². The molecular weight excluding hydrogens is 328 g/mol. The Balaban J connectivity index is 1.66. The Morgan fingerprint density at radius 1 is 1.21 bits per heavy atom. The highest BCUT2D eigenvalue weighted by Crippen LogP contribution is 2.22. The monoisotopic (exact) mass is 352 g/mol. The van der Waals surface area contributed by atoms with Gasteiger partial charge in [0.25, 0.3) is 5.91 Å². The van der Waals surface area contributed by atoms with E-state index < -0.39 is 9.84 Å². The van der Waals surface area contributed by atoms with Crippen LogP contribution in [0.2, 0.25) is 0 Å². The fourth-order valence-corrected chi connectivity index (χ4v) is 5.04. The van der Waals surface area contributed by atoms with Crippen molar-refractivity contribution in [3.05, 3.63) is 17.8 Å². The fraction of sp³-hybridized carbons (Fsp3) is 0.688. The minimum atomic E-state index is -2.94. The molecule has 0 bridgehead atoms. The summed E-state index contributed by atoms with van der Waals surface area (Å²) in [6.07, 6.45) is 2.65. The molecule has 0 aromatic carbocycles. The summed E-state index contributed by atoms with van der Waals surface area (Å²) < 4.78 is 23.2. The lowest BCUT2D eigenvalue weighted by atomic mass is 9.99. The normalized spacial score (nSPS) is 24.1. The van der Waals surface area contributed by atoms with Gasteiger partial charge in [-0.15, -0.1) is 10.2 Å². The van der Waals surface area contributed by atoms with Crippen molar-refractivity contribution >= 4 is 21.6 Å². The zero-order valence-electron chi connectivity index (χ0n) is 14.2. The summed E-state index contributed by atoms with van der Waals surface area (Å²) in [6, 6.07) is 3.36. The third-order valence-corrected chi connectivity index (χ3v) is 6.81. The van der Waals surface area contributed by atoms with E-state index >= 15 is 0 Å². The summed E-state index contributed by atoms with van der Waals surface area (Å²) in [5.41, 5.74) is 0.348. The molecule has 1 aromatic rings. The Labute approximate surface area is 143 Å². The van der Waals surface area contributed by atoms with Gasteiger partial charge in [-0.2, -0.15) is 0 Å². The number of likely N-dealkylation sites (tertiary alicyclic amines) is 1. The van der Waals surface area contributed by atoms with Crippen LogP contribution < -0.4 is 4.90 Å². The van der Waals surface area contributed by atoms with Crippen LogP contribution in [0.4, 0.5) is 5.82 Å². The van der Waals surface area contributed by atoms with E-state index in [4.69, 9.17) is 0 Å². The molecule has 2 aliphatic heterocycles. The first-order valence-corrected chi connectivity index (χ1v) is 10.2. The van der Waals surface area contributed by atoms with Crippen LogP contribution in [-0.2, 0) is 9.84 Å². The first-order chi connectivity index (χ1) is 11.4. The number of piperidine rings is 1. The van der Waals surface area contributed by atoms with Crippen molar-refractivity contribution < 1.29 is 13.2 Å². The standard InChI is InChI=1S/C16H24N4O3S/c1-12-5-8-20(9-6-12)16(21)14-3-4-15(18-17-14)19(2)13-7-10-24(22,23)11-13/h3-4,12-13H,5-11H2,1-2H3. The maximum atomic E-state index is 12.5. The molecule has 1 atom stereocenters. The molecule has 7 nitrogen and oxygen atoms in total. The van der Waals surface area contributed by atoms with Crippen LogP contribution in [0.15, 0.2) is 12.1 Å². The highest BCUT2D eigenvalue weighted by Gasteiger charge is 2.31. The summed E-state index contributed by atoms with van der Waals surface area (Å²) in [7, 11) is -1.12. The van der Waals surface area contributed by atoms with Gasteiger partial charge in [-0.25, -0.2) is 8.42 Å². The number of carbonyl (C=O) groups excluding carboxylic acids is 1. The van der Waals surface area contributed by atoms with Gasteiger partial charge in [0.1, 0.15) is 0 Å². The van der Waals surface area contributed by atoms with Gasteiger partial charge in [-0.3, -0.25) is 4.79 Å². The van der Waals surface area contributed by atoms with Gasteiger partial charge in [0.15, 0.2) is 21.3 Å². The zero-order valence-corrected chi connectivity index (χ0v) is 15.0. The molecular formula is C16H24N4O3S. The topological polar surface area (TPSA) is 83.5 Å². The molecule has 1 aromatic heterocycles. The van der Waals surface area contributed by atoms with Crippen molar-refractivity contribution in [3.8, 4) is 0 Å². The maximum Gasteiger partial charge on any atom is 0.274 e. The second kappa shape index (κ2) is 6.66. The first-order valence-electron chi connectivity index (χ1n) is 8.42. The smallest absolute Gasteiger partial charge is 0.274 e. The minimum absolute atomic E-state index is 0.0746. The van der Waals surface area contributed by atoms with Gasteiger partial charge >= 0.3 is 0 Å². The van der Waals surface area contributed by atoms with Crippen molar-refractivity contribution in [2.24, 2.45) is 5.92 Å². The molecule has 1 unspecified atom stereocenters. The summed E-state index contributed by atoms with van der Waals surface area (Å²) in [5, 5.41) is 8.20. The lowest BCUT2D eigenvalue weighted by Crippen LogP contribution is -2.38. The molecule has 1 amide bonds. The van der Waals surface area contributed by atoms with Gasteiger partial charge in [0.05, 0.1) is 11.5 Å². The van der Waals surface area contributed by atoms with Crippen LogP contribution >= 0.6 is 0 Å². The summed E-state index contributed by atoms with van der Waals surface area (Å²) >= 11 is 0. The number of anilines is 1. The number of aromatic nitrogens is 2. The van der Waals surface area contributed by atoms with Crippen molar-refractivity contribution in [2.45, 2.75) is 32.2 Å². The molecule has 0 N–H and O–H groups in total. The van der Waals surface area contributed by atoms with E-state index in [0.717, 1.165) is 25.9 Å². The third kappa shape index (κ3) is 3.68. The second-order valence-electron chi connectivity index (χ2n) is 6.92. The van der Waals surface area contributed by atoms with Crippen LogP contribution in [0, 0.1) is 5.92 Å². The SMILES string of the molecule is CC1CCN(C(=O)c2ccc(N(C)C3CCS(=O)(=O)C3)nn2)CC1. The van der Waals surface area contributed by atoms with E-state index in [1.54, 1.807) is 12.1 Å². The summed E-state index contributed by atoms with van der Waals surface area (Å²) in [5.74, 6) is 1.56. The summed E-state index contributed by atoms with van der Waals surface area (Å²) in [6.45, 7) is 3.74. The van der Waals surface area contributed by atoms with Crippen molar-refractivity contribution in [3.63, 3.8) is 0 Å². The Morgan fingerprint density at radius 2 is 1.92 bits per heavy atom. The summed E-state index contributed by atoms with van der Waals surface area (Å²) in [4.78, 5) is 16.1. The lowest BCUT2D eigenvalue weighted by molar-refractivity contribution is 0.0690. The molecule has 132 valence electrons. The molecule has 3 rings (SSSR count). The van der Waals surface area contributed by atoms with Crippen LogP contribution in [0.5, 0.6) is 0 Å². The van der Waals surface area contributed by atoms with E-state index in [9.17, 15) is 13.2 Å². The van der Waals surface area contributed by atoms with Crippen LogP contribution in [-0.4, -0.2) is 67.1 Å². The molecule has 8 heteroatoms. The number of nitrogens with zero attached hydrogens (tertiary/aromatic N) is 4. The van der Waals surface area contributed by atoms with E-state index in [-0.39, 0.29) is 23.5 Å². The van der Waals surface area contributed by atoms with E-state index in [2.05, 4.69) is 17.1 Å². The number of rotatable bonds is 3. The number of sulfone groups is 1. The maximum absolute atomic E-state index is 12.5. The largest absolute Gasteiger partial charge is 0.354 e. The molecule has 2 saturated heterocycles. The quantitative estimate of drug-likeness (QED) is 0.806. The van der Waals surface area contributed by atoms with Gasteiger partial charge in [-0.05, 0) is 37.3 Å². The third-order valence-electron chi connectivity index (χ3n) is 5.06. The Hall–Kier alpha value is -1.70. The number of carbonyl (C=O) groups is 1. The predicted molar refractivity (Wildman–Crippen MR) is 91.8 cm³/mol. The highest BCUT2D eigenvalue weighted by molar-refractivity contribution is 7.91. The van der Waals surface area contributed by atoms with Crippen LogP contribution in [0.1, 0.15) is 36.7 Å². The highest BCUT2D eigenvalue weighted by atomic mass is 32.2. The van der Waals surface area contributed by atoms with Crippen LogP contribution in [0.3, 0.4) is 0 Å². The molecule has 0 aliphatic carbocycles. The zero-order chi connectivity index (χ0) is 17.3. The van der Waals surface area contributed by atoms with Gasteiger partial charge in [-0.1, -0.05) is 6.92 Å². The van der Waals surface area contributed by atoms with Crippen molar-refractivity contribution in [1.29, 1.82) is 0 Å². The molecule has 2 aliphatic rings. The molecule has 0 radical (unpaired) electrons. The average molecular weight is 352 g/mol. The Morgan fingerprint density at radius 3 is 2.46 bits per heavy atom. The molecule has 2 fully saturated rings. The Bertz CT molecular complexity index is 697. The molecule has 24 heavy (non-hydrogen) atoms. The minimum Gasteiger partial charge on any atom is -0.354 e.